The molecule has 1 aliphatic heterocycles. The third-order valence-corrected chi connectivity index (χ3v) is 7.71. The Kier molecular flexibility index (Phi) is 5.56. The zero-order chi connectivity index (χ0) is 20.4. The number of ether oxygens (including phenoxy) is 1. The van der Waals surface area contributed by atoms with Gasteiger partial charge in [0.1, 0.15) is 5.82 Å². The van der Waals surface area contributed by atoms with Crippen molar-refractivity contribution in [1.82, 2.24) is 15.0 Å². The first-order valence-corrected chi connectivity index (χ1v) is 11.7. The van der Waals surface area contributed by atoms with Gasteiger partial charge in [-0.25, -0.2) is 18.4 Å². The zero-order valence-corrected chi connectivity index (χ0v) is 17.6. The molecule has 0 radical (unpaired) electrons. The molecule has 1 atom stereocenters. The van der Waals surface area contributed by atoms with Gasteiger partial charge in [-0.05, 0) is 37.6 Å². The van der Waals surface area contributed by atoms with Crippen LogP contribution in [0.4, 0.5) is 5.82 Å². The van der Waals surface area contributed by atoms with Crippen LogP contribution < -0.4 is 4.90 Å². The molecule has 2 aromatic heterocycles. The monoisotopic (exact) mass is 414 g/mol. The van der Waals surface area contributed by atoms with Gasteiger partial charge in [0.05, 0.1) is 29.9 Å². The molecule has 0 saturated carbocycles. The Balaban J connectivity index is 1.76. The minimum Gasteiger partial charge on any atom is -0.378 e. The van der Waals surface area contributed by atoms with Gasteiger partial charge in [0.15, 0.2) is 15.7 Å². The molecule has 29 heavy (non-hydrogen) atoms. The van der Waals surface area contributed by atoms with E-state index in [2.05, 4.69) is 14.9 Å². The second kappa shape index (κ2) is 8.12. The Morgan fingerprint density at radius 3 is 2.72 bits per heavy atom. The van der Waals surface area contributed by atoms with Crippen LogP contribution in [-0.4, -0.2) is 54.9 Å². The Morgan fingerprint density at radius 2 is 1.97 bits per heavy atom. The summed E-state index contributed by atoms with van der Waals surface area (Å²) in [6.07, 6.45) is 2.48. The molecule has 1 N–H and O–H groups in total. The fourth-order valence-corrected chi connectivity index (χ4v) is 4.79. The number of hydrogen-bond acceptors (Lipinski definition) is 6. The van der Waals surface area contributed by atoms with Crippen molar-refractivity contribution in [3.05, 3.63) is 42.2 Å². The normalized spacial score (nSPS) is 16.3. The summed E-state index contributed by atoms with van der Waals surface area (Å²) in [5.41, 5.74) is 2.44. The minimum atomic E-state index is -3.27. The summed E-state index contributed by atoms with van der Waals surface area (Å²) in [6, 6.07) is 9.79. The number of nitrogens with one attached hydrogen (secondary N) is 1. The lowest BCUT2D eigenvalue weighted by molar-refractivity contribution is 0.122. The van der Waals surface area contributed by atoms with Crippen LogP contribution in [0, 0.1) is 0 Å². The van der Waals surface area contributed by atoms with Crippen LogP contribution in [0.1, 0.15) is 26.0 Å². The lowest BCUT2D eigenvalue weighted by Gasteiger charge is -2.28. The van der Waals surface area contributed by atoms with Gasteiger partial charge in [0.25, 0.3) is 0 Å². The molecule has 0 spiro atoms. The van der Waals surface area contributed by atoms with Gasteiger partial charge in [-0.3, -0.25) is 0 Å². The maximum Gasteiger partial charge on any atom is 0.161 e. The number of benzene rings is 1. The predicted molar refractivity (Wildman–Crippen MR) is 115 cm³/mol. The molecule has 0 amide bonds. The topological polar surface area (TPSA) is 88.2 Å². The van der Waals surface area contributed by atoms with Crippen molar-refractivity contribution in [3.8, 4) is 11.4 Å². The molecule has 1 unspecified atom stereocenters. The number of rotatable bonds is 6. The first kappa shape index (κ1) is 19.8. The molecule has 154 valence electrons. The average molecular weight is 415 g/mol. The van der Waals surface area contributed by atoms with E-state index >= 15 is 0 Å². The Hall–Kier alpha value is -2.45. The van der Waals surface area contributed by atoms with E-state index in [9.17, 15) is 8.42 Å². The van der Waals surface area contributed by atoms with E-state index in [1.807, 2.05) is 43.5 Å². The minimum absolute atomic E-state index is 0.0821. The second-order valence-corrected chi connectivity index (χ2v) is 9.87. The Bertz CT molecular complexity index is 1100. The van der Waals surface area contributed by atoms with E-state index in [0.717, 1.165) is 35.4 Å². The summed E-state index contributed by atoms with van der Waals surface area (Å²) < 4.78 is 30.9. The average Bonchev–Trinajstić information content (AvgIpc) is 3.21. The van der Waals surface area contributed by atoms with E-state index in [1.54, 1.807) is 6.92 Å². The van der Waals surface area contributed by atoms with Crippen molar-refractivity contribution in [2.45, 2.75) is 31.3 Å². The molecular weight excluding hydrogens is 388 g/mol. The molecular formula is C21H26N4O3S. The lowest BCUT2D eigenvalue weighted by Crippen LogP contribution is -2.37. The van der Waals surface area contributed by atoms with Crippen molar-refractivity contribution in [2.75, 3.05) is 31.2 Å². The third-order valence-electron chi connectivity index (χ3n) is 5.45. The summed E-state index contributed by atoms with van der Waals surface area (Å²) in [7, 11) is -3.27. The highest BCUT2D eigenvalue weighted by molar-refractivity contribution is 7.91. The standard InChI is InChI=1S/C21H26N4O3S/c1-3-15(2)29(26,27)14-18-13-20(25-8-10-28-11-9-25)24-21(23-18)17-4-5-19-16(12-17)6-7-22-19/h4-7,12-13,15,22H,3,8-11,14H2,1-2H3. The number of aromatic nitrogens is 3. The molecule has 1 fully saturated rings. The summed E-state index contributed by atoms with van der Waals surface area (Å²) in [5, 5.41) is 0.667. The number of morpholine rings is 1. The third kappa shape index (κ3) is 4.28. The van der Waals surface area contributed by atoms with Crippen LogP contribution in [0.15, 0.2) is 36.5 Å². The van der Waals surface area contributed by atoms with Gasteiger partial charge in [0, 0.05) is 41.8 Å². The maximum atomic E-state index is 12.7. The van der Waals surface area contributed by atoms with E-state index in [0.29, 0.717) is 31.2 Å². The van der Waals surface area contributed by atoms with E-state index in [1.165, 1.54) is 0 Å². The highest BCUT2D eigenvalue weighted by atomic mass is 32.2. The fraction of sp³-hybridized carbons (Fsp3) is 0.429. The van der Waals surface area contributed by atoms with Gasteiger partial charge in [-0.2, -0.15) is 0 Å². The molecule has 7 nitrogen and oxygen atoms in total. The summed E-state index contributed by atoms with van der Waals surface area (Å²) in [4.78, 5) is 14.7. The second-order valence-electron chi connectivity index (χ2n) is 7.45. The molecule has 0 bridgehead atoms. The molecule has 3 aromatic rings. The van der Waals surface area contributed by atoms with Crippen LogP contribution >= 0.6 is 0 Å². The number of aromatic amines is 1. The van der Waals surface area contributed by atoms with Gasteiger partial charge < -0.3 is 14.6 Å². The van der Waals surface area contributed by atoms with Crippen molar-refractivity contribution in [1.29, 1.82) is 0 Å². The molecule has 1 aliphatic rings. The molecule has 1 aromatic carbocycles. The fourth-order valence-electron chi connectivity index (χ4n) is 3.44. The molecule has 8 heteroatoms. The highest BCUT2D eigenvalue weighted by Gasteiger charge is 2.23. The summed E-state index contributed by atoms with van der Waals surface area (Å²) >= 11 is 0. The van der Waals surface area contributed by atoms with E-state index < -0.39 is 15.1 Å². The van der Waals surface area contributed by atoms with Gasteiger partial charge >= 0.3 is 0 Å². The number of nitrogens with zero attached hydrogens (tertiary/aromatic N) is 3. The van der Waals surface area contributed by atoms with Crippen molar-refractivity contribution >= 4 is 26.6 Å². The maximum absolute atomic E-state index is 12.7. The van der Waals surface area contributed by atoms with Crippen molar-refractivity contribution in [2.24, 2.45) is 0 Å². The quantitative estimate of drug-likeness (QED) is 0.667. The first-order chi connectivity index (χ1) is 14.0. The molecule has 0 aliphatic carbocycles. The number of hydrogen-bond donors (Lipinski definition) is 1. The summed E-state index contributed by atoms with van der Waals surface area (Å²) in [6.45, 7) is 6.36. The number of H-pyrrole nitrogens is 1. The lowest BCUT2D eigenvalue weighted by atomic mass is 10.1. The SMILES string of the molecule is CCC(C)S(=O)(=O)Cc1cc(N2CCOCC2)nc(-c2ccc3[nH]ccc3c2)n1. The number of sulfone groups is 1. The van der Waals surface area contributed by atoms with Crippen molar-refractivity contribution < 1.29 is 13.2 Å². The Labute approximate surface area is 171 Å². The Morgan fingerprint density at radius 1 is 1.17 bits per heavy atom. The van der Waals surface area contributed by atoms with Gasteiger partial charge in [0.2, 0.25) is 0 Å². The molecule has 3 heterocycles. The van der Waals surface area contributed by atoms with Crippen LogP contribution in [0.2, 0.25) is 0 Å². The number of fused-ring (bicyclic) bond motifs is 1. The van der Waals surface area contributed by atoms with Crippen LogP contribution in [0.5, 0.6) is 0 Å². The van der Waals surface area contributed by atoms with E-state index in [-0.39, 0.29) is 5.75 Å². The van der Waals surface area contributed by atoms with Gasteiger partial charge in [-0.1, -0.05) is 6.92 Å². The largest absolute Gasteiger partial charge is 0.378 e. The molecule has 1 saturated heterocycles. The van der Waals surface area contributed by atoms with E-state index in [4.69, 9.17) is 9.72 Å². The zero-order valence-electron chi connectivity index (χ0n) is 16.8. The highest BCUT2D eigenvalue weighted by Crippen LogP contribution is 2.25. The van der Waals surface area contributed by atoms with Gasteiger partial charge in [-0.15, -0.1) is 0 Å². The summed E-state index contributed by atoms with van der Waals surface area (Å²) in [5.74, 6) is 1.22. The van der Waals surface area contributed by atoms with Crippen molar-refractivity contribution in [3.63, 3.8) is 0 Å². The van der Waals surface area contributed by atoms with Crippen LogP contribution in [0.25, 0.3) is 22.3 Å². The smallest absolute Gasteiger partial charge is 0.161 e. The molecule has 4 rings (SSSR count). The predicted octanol–water partition coefficient (Wildman–Crippen LogP) is 3.17. The first-order valence-electron chi connectivity index (χ1n) is 9.96. The number of anilines is 1. The van der Waals surface area contributed by atoms with Crippen LogP contribution in [-0.2, 0) is 20.3 Å². The van der Waals surface area contributed by atoms with Crippen LogP contribution in [0.3, 0.4) is 0 Å².